The number of aryl methyl sites for hydroxylation is 2. The molecule has 2 aromatic heterocycles. The van der Waals surface area contributed by atoms with Crippen molar-refractivity contribution in [1.29, 1.82) is 0 Å². The molecule has 1 saturated heterocycles. The van der Waals surface area contributed by atoms with Gasteiger partial charge in [0.15, 0.2) is 0 Å². The smallest absolute Gasteiger partial charge is 0.256 e. The Balaban J connectivity index is 1.60. The van der Waals surface area contributed by atoms with E-state index in [1.54, 1.807) is 18.4 Å². The highest BCUT2D eigenvalue weighted by molar-refractivity contribution is 5.96. The van der Waals surface area contributed by atoms with Crippen molar-refractivity contribution in [2.45, 2.75) is 39.3 Å². The number of benzene rings is 1. The maximum Gasteiger partial charge on any atom is 0.256 e. The normalized spacial score (nSPS) is 17.9. The van der Waals surface area contributed by atoms with Crippen LogP contribution < -0.4 is 0 Å². The number of aromatic nitrogens is 1. The molecule has 6 heteroatoms. The van der Waals surface area contributed by atoms with Gasteiger partial charge in [0.2, 0.25) is 0 Å². The molecule has 3 aromatic rings. The summed E-state index contributed by atoms with van der Waals surface area (Å²) in [6, 6.07) is 13.5. The molecule has 1 aliphatic rings. The van der Waals surface area contributed by atoms with Crippen molar-refractivity contribution in [3.05, 3.63) is 77.0 Å². The maximum atomic E-state index is 13.5. The highest BCUT2D eigenvalue weighted by atomic mass is 16.5. The number of hydrogen-bond donors (Lipinski definition) is 1. The number of nitrogens with zero attached hydrogens (tertiary/aromatic N) is 2. The minimum absolute atomic E-state index is 0.0260. The van der Waals surface area contributed by atoms with Gasteiger partial charge in [-0.25, -0.2) is 0 Å². The van der Waals surface area contributed by atoms with Gasteiger partial charge in [0.1, 0.15) is 11.9 Å². The number of amides is 1. The van der Waals surface area contributed by atoms with Crippen LogP contribution in [0.2, 0.25) is 0 Å². The Bertz CT molecular complexity index is 1020. The van der Waals surface area contributed by atoms with Crippen LogP contribution in [0.25, 0.3) is 5.69 Å². The molecule has 0 spiro atoms. The molecule has 0 bridgehead atoms. The lowest BCUT2D eigenvalue weighted by Gasteiger charge is -2.36. The second-order valence-corrected chi connectivity index (χ2v) is 7.95. The summed E-state index contributed by atoms with van der Waals surface area (Å²) in [6.07, 6.45) is 1.14. The summed E-state index contributed by atoms with van der Waals surface area (Å²) >= 11 is 0. The average Bonchev–Trinajstić information content (AvgIpc) is 3.36. The van der Waals surface area contributed by atoms with Crippen LogP contribution in [0.1, 0.15) is 45.6 Å². The molecular weight excluding hydrogens is 380 g/mol. The van der Waals surface area contributed by atoms with Gasteiger partial charge >= 0.3 is 0 Å². The quantitative estimate of drug-likeness (QED) is 0.694. The zero-order valence-electron chi connectivity index (χ0n) is 17.7. The lowest BCUT2D eigenvalue weighted by Crippen LogP contribution is -2.49. The summed E-state index contributed by atoms with van der Waals surface area (Å²) in [5.74, 6) is 0.479. The fourth-order valence-corrected chi connectivity index (χ4v) is 4.27. The minimum atomic E-state index is -0.776. The fourth-order valence-electron chi connectivity index (χ4n) is 4.27. The van der Waals surface area contributed by atoms with Crippen molar-refractivity contribution in [2.75, 3.05) is 19.8 Å². The standard InChI is InChI=1S/C24H28N2O4/c1-16-6-4-7-19(12-16)26-17(2)13-21(18(26)3)24(28)25-9-11-29-15-20(25)14-22(27)23-8-5-10-30-23/h4-8,10,12-13,20,22,27H,9,11,14-15H2,1-3H3/t20-,22+/m0/s1. The van der Waals surface area contributed by atoms with Gasteiger partial charge < -0.3 is 23.7 Å². The van der Waals surface area contributed by atoms with Crippen LogP contribution in [-0.2, 0) is 4.74 Å². The van der Waals surface area contributed by atoms with Crippen molar-refractivity contribution in [1.82, 2.24) is 9.47 Å². The molecule has 3 heterocycles. The van der Waals surface area contributed by atoms with Gasteiger partial charge in [-0.05, 0) is 56.7 Å². The van der Waals surface area contributed by atoms with Gasteiger partial charge in [0.25, 0.3) is 5.91 Å². The molecule has 1 fully saturated rings. The Morgan fingerprint density at radius 2 is 2.03 bits per heavy atom. The van der Waals surface area contributed by atoms with Crippen molar-refractivity contribution in [3.8, 4) is 5.69 Å². The third kappa shape index (κ3) is 3.93. The molecule has 0 saturated carbocycles. The Hall–Kier alpha value is -2.83. The summed E-state index contributed by atoms with van der Waals surface area (Å²) in [5, 5.41) is 10.5. The third-order valence-electron chi connectivity index (χ3n) is 5.78. The van der Waals surface area contributed by atoms with Crippen molar-refractivity contribution < 1.29 is 19.1 Å². The molecule has 0 aliphatic carbocycles. The van der Waals surface area contributed by atoms with Crippen LogP contribution in [0.4, 0.5) is 0 Å². The average molecular weight is 408 g/mol. The van der Waals surface area contributed by atoms with E-state index in [-0.39, 0.29) is 11.9 Å². The number of furan rings is 1. The zero-order chi connectivity index (χ0) is 21.3. The third-order valence-corrected chi connectivity index (χ3v) is 5.78. The second kappa shape index (κ2) is 8.50. The minimum Gasteiger partial charge on any atom is -0.467 e. The van der Waals surface area contributed by atoms with E-state index < -0.39 is 6.10 Å². The predicted octanol–water partition coefficient (Wildman–Crippen LogP) is 3.96. The monoisotopic (exact) mass is 408 g/mol. The Kier molecular flexibility index (Phi) is 5.79. The fraction of sp³-hybridized carbons (Fsp3) is 0.375. The van der Waals surface area contributed by atoms with Crippen LogP contribution in [-0.4, -0.2) is 46.3 Å². The molecule has 0 radical (unpaired) electrons. The number of aliphatic hydroxyl groups is 1. The number of hydrogen-bond acceptors (Lipinski definition) is 4. The first kappa shape index (κ1) is 20.4. The Morgan fingerprint density at radius 1 is 1.20 bits per heavy atom. The highest BCUT2D eigenvalue weighted by Gasteiger charge is 2.32. The molecule has 1 amide bonds. The number of carbonyl (C=O) groups excluding carboxylic acids is 1. The Morgan fingerprint density at radius 3 is 2.77 bits per heavy atom. The van der Waals surface area contributed by atoms with E-state index >= 15 is 0 Å². The molecule has 6 nitrogen and oxygen atoms in total. The van der Waals surface area contributed by atoms with Crippen LogP contribution in [0, 0.1) is 20.8 Å². The van der Waals surface area contributed by atoms with Crippen LogP contribution in [0.3, 0.4) is 0 Å². The van der Waals surface area contributed by atoms with Gasteiger partial charge in [0.05, 0.1) is 31.1 Å². The summed E-state index contributed by atoms with van der Waals surface area (Å²) in [4.78, 5) is 15.3. The van der Waals surface area contributed by atoms with Gasteiger partial charge in [-0.2, -0.15) is 0 Å². The lowest BCUT2D eigenvalue weighted by atomic mass is 10.0. The van der Waals surface area contributed by atoms with E-state index in [1.165, 1.54) is 5.56 Å². The molecule has 1 aromatic carbocycles. The van der Waals surface area contributed by atoms with Gasteiger partial charge in [0, 0.05) is 30.0 Å². The van der Waals surface area contributed by atoms with Gasteiger partial charge in [-0.1, -0.05) is 12.1 Å². The van der Waals surface area contributed by atoms with Crippen LogP contribution in [0.5, 0.6) is 0 Å². The molecule has 4 rings (SSSR count). The molecular formula is C24H28N2O4. The topological polar surface area (TPSA) is 67.8 Å². The van der Waals surface area contributed by atoms with E-state index in [9.17, 15) is 9.90 Å². The van der Waals surface area contributed by atoms with Crippen LogP contribution >= 0.6 is 0 Å². The Labute approximate surface area is 176 Å². The summed E-state index contributed by atoms with van der Waals surface area (Å²) in [7, 11) is 0. The maximum absolute atomic E-state index is 13.5. The molecule has 158 valence electrons. The summed E-state index contributed by atoms with van der Waals surface area (Å²) < 4.78 is 13.1. The van der Waals surface area contributed by atoms with E-state index in [0.29, 0.717) is 37.5 Å². The SMILES string of the molecule is Cc1cccc(-n2c(C)cc(C(=O)N3CCOC[C@@H]3C[C@@H](O)c3ccco3)c2C)c1. The largest absolute Gasteiger partial charge is 0.467 e. The number of ether oxygens (including phenoxy) is 1. The number of morpholine rings is 1. The molecule has 2 atom stereocenters. The molecule has 30 heavy (non-hydrogen) atoms. The summed E-state index contributed by atoms with van der Waals surface area (Å²) in [5.41, 5.74) is 4.85. The van der Waals surface area contributed by atoms with Crippen molar-refractivity contribution in [3.63, 3.8) is 0 Å². The highest BCUT2D eigenvalue weighted by Crippen LogP contribution is 2.27. The second-order valence-electron chi connectivity index (χ2n) is 7.95. The summed E-state index contributed by atoms with van der Waals surface area (Å²) in [6.45, 7) is 7.46. The number of rotatable bonds is 5. The number of aliphatic hydroxyl groups excluding tert-OH is 1. The lowest BCUT2D eigenvalue weighted by molar-refractivity contribution is -0.0196. The first-order valence-corrected chi connectivity index (χ1v) is 10.3. The van der Waals surface area contributed by atoms with E-state index in [4.69, 9.17) is 9.15 Å². The molecule has 1 aliphatic heterocycles. The van der Waals surface area contributed by atoms with Gasteiger partial charge in [-0.15, -0.1) is 0 Å². The van der Waals surface area contributed by atoms with Crippen molar-refractivity contribution in [2.24, 2.45) is 0 Å². The first-order valence-electron chi connectivity index (χ1n) is 10.3. The zero-order valence-corrected chi connectivity index (χ0v) is 17.7. The van der Waals surface area contributed by atoms with E-state index in [2.05, 4.69) is 29.7 Å². The van der Waals surface area contributed by atoms with E-state index in [0.717, 1.165) is 17.1 Å². The predicted molar refractivity (Wildman–Crippen MR) is 114 cm³/mol. The van der Waals surface area contributed by atoms with Crippen molar-refractivity contribution >= 4 is 5.91 Å². The van der Waals surface area contributed by atoms with Crippen LogP contribution in [0.15, 0.2) is 53.1 Å². The van der Waals surface area contributed by atoms with Gasteiger partial charge in [-0.3, -0.25) is 4.79 Å². The molecule has 0 unspecified atom stereocenters. The first-order chi connectivity index (χ1) is 14.5. The number of carbonyl (C=O) groups is 1. The van der Waals surface area contributed by atoms with E-state index in [1.807, 2.05) is 30.9 Å². The molecule has 1 N–H and O–H groups in total.